The second kappa shape index (κ2) is 10.9. The maximum Gasteiger partial charge on any atom is 0.164 e. The summed E-state index contributed by atoms with van der Waals surface area (Å²) in [4.78, 5) is 19.9. The molecular formula is C40H24N4OS. The van der Waals surface area contributed by atoms with Crippen molar-refractivity contribution in [2.24, 2.45) is 0 Å². The largest absolute Gasteiger partial charge is 0.456 e. The molecule has 0 N–H and O–H groups in total. The third-order valence-corrected chi connectivity index (χ3v) is 9.28. The highest BCUT2D eigenvalue weighted by Gasteiger charge is 2.19. The molecule has 216 valence electrons. The summed E-state index contributed by atoms with van der Waals surface area (Å²) >= 11 is 1.68. The lowest BCUT2D eigenvalue weighted by Gasteiger charge is -2.10. The van der Waals surface area contributed by atoms with Gasteiger partial charge < -0.3 is 4.42 Å². The molecule has 46 heavy (non-hydrogen) atoms. The van der Waals surface area contributed by atoms with E-state index >= 15 is 0 Å². The quantitative estimate of drug-likeness (QED) is 0.194. The van der Waals surface area contributed by atoms with E-state index in [9.17, 15) is 0 Å². The first-order valence-electron chi connectivity index (χ1n) is 15.1. The number of fused-ring (bicyclic) bond motifs is 4. The van der Waals surface area contributed by atoms with E-state index in [1.165, 1.54) is 10.3 Å². The fourth-order valence-corrected chi connectivity index (χ4v) is 6.89. The summed E-state index contributed by atoms with van der Waals surface area (Å²) in [5.41, 5.74) is 8.67. The van der Waals surface area contributed by atoms with Gasteiger partial charge in [0.05, 0.1) is 10.2 Å². The van der Waals surface area contributed by atoms with E-state index in [0.717, 1.165) is 60.3 Å². The standard InChI is InChI=1S/C40H24N4OS/c1-3-10-25(11-4-1)26-18-20-28(21-19-26)38-42-37(27-12-5-2-6-13-27)43-39(44-38)31-14-9-16-33-36(31)30-23-22-29(24-34(30)45-33)40-41-32-15-7-8-17-35(32)46-40/h1-24H. The van der Waals surface area contributed by atoms with Crippen LogP contribution in [-0.4, -0.2) is 19.9 Å². The Bertz CT molecular complexity index is 2490. The van der Waals surface area contributed by atoms with Crippen molar-refractivity contribution in [1.82, 2.24) is 19.9 Å². The molecule has 6 heteroatoms. The Balaban J connectivity index is 1.19. The summed E-state index contributed by atoms with van der Waals surface area (Å²) in [6.07, 6.45) is 0. The summed E-state index contributed by atoms with van der Waals surface area (Å²) in [5.74, 6) is 1.83. The van der Waals surface area contributed by atoms with Gasteiger partial charge in [-0.1, -0.05) is 115 Å². The molecule has 0 spiro atoms. The van der Waals surface area contributed by atoms with Crippen LogP contribution in [0.1, 0.15) is 0 Å². The number of nitrogens with zero attached hydrogens (tertiary/aromatic N) is 4. The van der Waals surface area contributed by atoms with Crippen molar-refractivity contribution < 1.29 is 4.42 Å². The second-order valence-electron chi connectivity index (χ2n) is 11.1. The number of thiazole rings is 1. The molecule has 0 fully saturated rings. The van der Waals surface area contributed by atoms with Crippen LogP contribution in [0.4, 0.5) is 0 Å². The van der Waals surface area contributed by atoms with Gasteiger partial charge in [-0.15, -0.1) is 11.3 Å². The topological polar surface area (TPSA) is 64.7 Å². The summed E-state index contributed by atoms with van der Waals surface area (Å²) in [6.45, 7) is 0. The number of benzene rings is 6. The molecular weight excluding hydrogens is 585 g/mol. The number of aromatic nitrogens is 4. The van der Waals surface area contributed by atoms with Crippen LogP contribution in [0.5, 0.6) is 0 Å². The molecule has 6 aromatic carbocycles. The van der Waals surface area contributed by atoms with Gasteiger partial charge in [0.1, 0.15) is 16.2 Å². The lowest BCUT2D eigenvalue weighted by atomic mass is 10.0. The lowest BCUT2D eigenvalue weighted by Crippen LogP contribution is -2.00. The summed E-state index contributed by atoms with van der Waals surface area (Å²) < 4.78 is 7.61. The van der Waals surface area contributed by atoms with E-state index in [4.69, 9.17) is 24.4 Å². The number of para-hydroxylation sites is 1. The highest BCUT2D eigenvalue weighted by Crippen LogP contribution is 2.39. The van der Waals surface area contributed by atoms with E-state index in [1.54, 1.807) is 11.3 Å². The zero-order chi connectivity index (χ0) is 30.5. The molecule has 0 saturated heterocycles. The predicted molar refractivity (Wildman–Crippen MR) is 187 cm³/mol. The highest BCUT2D eigenvalue weighted by atomic mass is 32.1. The lowest BCUT2D eigenvalue weighted by molar-refractivity contribution is 0.669. The van der Waals surface area contributed by atoms with Gasteiger partial charge in [0, 0.05) is 33.0 Å². The summed E-state index contributed by atoms with van der Waals surface area (Å²) in [5, 5.41) is 2.95. The van der Waals surface area contributed by atoms with Crippen LogP contribution in [0.15, 0.2) is 150 Å². The van der Waals surface area contributed by atoms with Crippen LogP contribution in [0.3, 0.4) is 0 Å². The SMILES string of the molecule is c1ccc(-c2ccc(-c3nc(-c4ccccc4)nc(-c4cccc5oc6cc(-c7nc8ccccc8s7)ccc6c45)n3)cc2)cc1. The van der Waals surface area contributed by atoms with Crippen LogP contribution >= 0.6 is 11.3 Å². The molecule has 3 aromatic heterocycles. The number of hydrogen-bond acceptors (Lipinski definition) is 6. The molecule has 0 atom stereocenters. The maximum absolute atomic E-state index is 6.44. The Morgan fingerprint density at radius 3 is 1.80 bits per heavy atom. The Labute approximate surface area is 268 Å². The first-order valence-corrected chi connectivity index (χ1v) is 15.9. The van der Waals surface area contributed by atoms with Crippen molar-refractivity contribution >= 4 is 43.5 Å². The second-order valence-corrected chi connectivity index (χ2v) is 12.1. The third kappa shape index (κ3) is 4.64. The maximum atomic E-state index is 6.44. The number of furan rings is 1. The molecule has 0 aliphatic heterocycles. The molecule has 5 nitrogen and oxygen atoms in total. The molecule has 0 radical (unpaired) electrons. The van der Waals surface area contributed by atoms with Gasteiger partial charge in [-0.05, 0) is 41.5 Å². The minimum atomic E-state index is 0.597. The average Bonchev–Trinajstić information content (AvgIpc) is 3.74. The van der Waals surface area contributed by atoms with Crippen molar-refractivity contribution in [3.05, 3.63) is 146 Å². The van der Waals surface area contributed by atoms with Gasteiger partial charge in [0.2, 0.25) is 0 Å². The number of rotatable bonds is 5. The molecule has 0 unspecified atom stereocenters. The fraction of sp³-hybridized carbons (Fsp3) is 0. The van der Waals surface area contributed by atoms with Gasteiger partial charge in [-0.25, -0.2) is 19.9 Å². The minimum Gasteiger partial charge on any atom is -0.456 e. The molecule has 9 rings (SSSR count). The molecule has 0 saturated carbocycles. The van der Waals surface area contributed by atoms with Gasteiger partial charge >= 0.3 is 0 Å². The average molecular weight is 609 g/mol. The fourth-order valence-electron chi connectivity index (χ4n) is 5.92. The zero-order valence-corrected chi connectivity index (χ0v) is 25.3. The van der Waals surface area contributed by atoms with Gasteiger partial charge in [-0.2, -0.15) is 0 Å². The van der Waals surface area contributed by atoms with Crippen molar-refractivity contribution in [2.75, 3.05) is 0 Å². The number of hydrogen-bond donors (Lipinski definition) is 0. The normalized spacial score (nSPS) is 11.5. The van der Waals surface area contributed by atoms with E-state index in [0.29, 0.717) is 17.5 Å². The Hall–Kier alpha value is -5.98. The molecule has 3 heterocycles. The van der Waals surface area contributed by atoms with Crippen molar-refractivity contribution in [3.8, 4) is 55.9 Å². The van der Waals surface area contributed by atoms with E-state index < -0.39 is 0 Å². The van der Waals surface area contributed by atoms with Crippen LogP contribution in [0.2, 0.25) is 0 Å². The molecule has 0 aliphatic carbocycles. The van der Waals surface area contributed by atoms with Crippen LogP contribution in [-0.2, 0) is 0 Å². The highest BCUT2D eigenvalue weighted by molar-refractivity contribution is 7.21. The van der Waals surface area contributed by atoms with Crippen LogP contribution < -0.4 is 0 Å². The molecule has 9 aromatic rings. The first-order chi connectivity index (χ1) is 22.8. The zero-order valence-electron chi connectivity index (χ0n) is 24.5. The van der Waals surface area contributed by atoms with Gasteiger partial charge in [0.15, 0.2) is 17.5 Å². The Kier molecular flexibility index (Phi) is 6.25. The summed E-state index contributed by atoms with van der Waals surface area (Å²) in [7, 11) is 0. The first kappa shape index (κ1) is 26.4. The van der Waals surface area contributed by atoms with Gasteiger partial charge in [0.25, 0.3) is 0 Å². The van der Waals surface area contributed by atoms with Crippen LogP contribution in [0.25, 0.3) is 88.0 Å². The summed E-state index contributed by atoms with van der Waals surface area (Å²) in [6, 6.07) is 49.4. The molecule has 0 amide bonds. The van der Waals surface area contributed by atoms with Crippen LogP contribution in [0, 0.1) is 0 Å². The van der Waals surface area contributed by atoms with E-state index in [-0.39, 0.29) is 0 Å². The predicted octanol–water partition coefficient (Wildman–Crippen LogP) is 10.7. The molecule has 0 bridgehead atoms. The smallest absolute Gasteiger partial charge is 0.164 e. The molecule has 0 aliphatic rings. The van der Waals surface area contributed by atoms with Crippen molar-refractivity contribution in [1.29, 1.82) is 0 Å². The Morgan fingerprint density at radius 2 is 1.04 bits per heavy atom. The van der Waals surface area contributed by atoms with Crippen molar-refractivity contribution in [3.63, 3.8) is 0 Å². The van der Waals surface area contributed by atoms with Gasteiger partial charge in [-0.3, -0.25) is 0 Å². The Morgan fingerprint density at radius 1 is 0.435 bits per heavy atom. The monoisotopic (exact) mass is 608 g/mol. The minimum absolute atomic E-state index is 0.597. The van der Waals surface area contributed by atoms with Crippen molar-refractivity contribution in [2.45, 2.75) is 0 Å². The van der Waals surface area contributed by atoms with E-state index in [1.807, 2.05) is 66.7 Å². The third-order valence-electron chi connectivity index (χ3n) is 8.20. The van der Waals surface area contributed by atoms with E-state index in [2.05, 4.69) is 78.9 Å².